The summed E-state index contributed by atoms with van der Waals surface area (Å²) >= 11 is 0. The van der Waals surface area contributed by atoms with Gasteiger partial charge in [-0.25, -0.2) is 0 Å². The molecule has 1 N–H and O–H groups in total. The summed E-state index contributed by atoms with van der Waals surface area (Å²) in [4.78, 5) is 2.59. The molecule has 0 aromatic rings. The Morgan fingerprint density at radius 2 is 2.12 bits per heavy atom. The number of rotatable bonds is 8. The zero-order valence-electron chi connectivity index (χ0n) is 11.3. The van der Waals surface area contributed by atoms with Crippen molar-refractivity contribution in [3.63, 3.8) is 0 Å². The summed E-state index contributed by atoms with van der Waals surface area (Å²) in [6.45, 7) is 15.2. The van der Waals surface area contributed by atoms with E-state index in [4.69, 9.17) is 0 Å². The van der Waals surface area contributed by atoms with Gasteiger partial charge in [-0.1, -0.05) is 26.0 Å². The Balaban J connectivity index is 2.31. The third-order valence-electron chi connectivity index (χ3n) is 3.56. The molecule has 0 aromatic carbocycles. The maximum Gasteiger partial charge on any atom is 0.0190 e. The third-order valence-corrected chi connectivity index (χ3v) is 3.56. The minimum absolute atomic E-state index is 0.797. The second kappa shape index (κ2) is 7.08. The smallest absolute Gasteiger partial charge is 0.0190 e. The molecule has 0 aromatic heterocycles. The van der Waals surface area contributed by atoms with E-state index in [0.717, 1.165) is 31.6 Å². The molecule has 1 aliphatic rings. The Morgan fingerprint density at radius 1 is 1.38 bits per heavy atom. The fourth-order valence-electron chi connectivity index (χ4n) is 2.54. The molecule has 2 atom stereocenters. The molecule has 1 aliphatic carbocycles. The minimum Gasteiger partial charge on any atom is -0.316 e. The van der Waals surface area contributed by atoms with Gasteiger partial charge in [0.1, 0.15) is 0 Å². The van der Waals surface area contributed by atoms with Gasteiger partial charge in [0, 0.05) is 12.6 Å². The molecule has 1 saturated carbocycles. The lowest BCUT2D eigenvalue weighted by Crippen LogP contribution is -2.50. The second-order valence-corrected chi connectivity index (χ2v) is 5.13. The van der Waals surface area contributed by atoms with Crippen molar-refractivity contribution in [1.82, 2.24) is 10.2 Å². The monoisotopic (exact) mass is 224 g/mol. The van der Waals surface area contributed by atoms with Crippen molar-refractivity contribution in [1.29, 1.82) is 0 Å². The molecule has 0 aliphatic heterocycles. The first-order valence-electron chi connectivity index (χ1n) is 6.78. The fraction of sp³-hybridized carbons (Fsp3) is 0.857. The molecular weight excluding hydrogens is 196 g/mol. The fourth-order valence-corrected chi connectivity index (χ4v) is 2.54. The highest BCUT2D eigenvalue weighted by atomic mass is 15.2. The topological polar surface area (TPSA) is 15.3 Å². The number of nitrogens with zero attached hydrogens (tertiary/aromatic N) is 1. The van der Waals surface area contributed by atoms with E-state index >= 15 is 0 Å². The third kappa shape index (κ3) is 3.91. The molecule has 0 bridgehead atoms. The van der Waals surface area contributed by atoms with Gasteiger partial charge >= 0.3 is 0 Å². The summed E-state index contributed by atoms with van der Waals surface area (Å²) in [5.74, 6) is 0.867. The molecule has 0 heterocycles. The highest BCUT2D eigenvalue weighted by Gasteiger charge is 2.34. The van der Waals surface area contributed by atoms with Gasteiger partial charge in [0.15, 0.2) is 0 Å². The molecule has 0 amide bonds. The summed E-state index contributed by atoms with van der Waals surface area (Å²) in [5.41, 5.74) is 1.29. The van der Waals surface area contributed by atoms with Crippen molar-refractivity contribution in [2.45, 2.75) is 46.1 Å². The van der Waals surface area contributed by atoms with Crippen molar-refractivity contribution in [2.75, 3.05) is 26.2 Å². The Kier molecular flexibility index (Phi) is 6.07. The van der Waals surface area contributed by atoms with Crippen molar-refractivity contribution in [3.8, 4) is 0 Å². The van der Waals surface area contributed by atoms with E-state index in [2.05, 4.69) is 37.6 Å². The molecule has 2 nitrogen and oxygen atoms in total. The molecule has 94 valence electrons. The van der Waals surface area contributed by atoms with Gasteiger partial charge in [-0.2, -0.15) is 0 Å². The lowest BCUT2D eigenvalue weighted by molar-refractivity contribution is 0.0740. The van der Waals surface area contributed by atoms with Crippen molar-refractivity contribution >= 4 is 0 Å². The van der Waals surface area contributed by atoms with Gasteiger partial charge in [-0.3, -0.25) is 4.90 Å². The maximum atomic E-state index is 4.03. The molecular formula is C14H28N2. The summed E-state index contributed by atoms with van der Waals surface area (Å²) in [7, 11) is 0. The molecule has 0 spiro atoms. The average Bonchev–Trinajstić information content (AvgIpc) is 2.21. The van der Waals surface area contributed by atoms with Crippen LogP contribution in [0.15, 0.2) is 12.2 Å². The highest BCUT2D eigenvalue weighted by Crippen LogP contribution is 2.31. The zero-order valence-corrected chi connectivity index (χ0v) is 11.3. The Hall–Kier alpha value is -0.340. The molecule has 1 rings (SSSR count). The van der Waals surface area contributed by atoms with Gasteiger partial charge < -0.3 is 5.32 Å². The molecule has 0 saturated heterocycles. The molecule has 1 fully saturated rings. The van der Waals surface area contributed by atoms with Gasteiger partial charge in [-0.05, 0) is 51.7 Å². The van der Waals surface area contributed by atoms with E-state index in [1.54, 1.807) is 0 Å². The maximum absolute atomic E-state index is 4.03. The van der Waals surface area contributed by atoms with Crippen LogP contribution in [0.4, 0.5) is 0 Å². The van der Waals surface area contributed by atoms with Crippen LogP contribution in [0.5, 0.6) is 0 Å². The minimum atomic E-state index is 0.797. The van der Waals surface area contributed by atoms with Crippen LogP contribution in [-0.4, -0.2) is 37.1 Å². The summed E-state index contributed by atoms with van der Waals surface area (Å²) < 4.78 is 0. The van der Waals surface area contributed by atoms with Gasteiger partial charge in [0.2, 0.25) is 0 Å². The second-order valence-electron chi connectivity index (χ2n) is 5.13. The van der Waals surface area contributed by atoms with Gasteiger partial charge in [0.25, 0.3) is 0 Å². The Morgan fingerprint density at radius 3 is 2.56 bits per heavy atom. The van der Waals surface area contributed by atoms with E-state index < -0.39 is 0 Å². The largest absolute Gasteiger partial charge is 0.316 e. The first-order chi connectivity index (χ1) is 7.69. The number of hydrogen-bond acceptors (Lipinski definition) is 2. The summed E-state index contributed by atoms with van der Waals surface area (Å²) in [6.07, 6.45) is 4.01. The van der Waals surface area contributed by atoms with Crippen LogP contribution in [-0.2, 0) is 0 Å². The van der Waals surface area contributed by atoms with Gasteiger partial charge in [0.05, 0.1) is 0 Å². The number of hydrogen-bond donors (Lipinski definition) is 1. The van der Waals surface area contributed by atoms with E-state index in [9.17, 15) is 0 Å². The normalized spacial score (nSPS) is 24.5. The average molecular weight is 224 g/mol. The molecule has 0 radical (unpaired) electrons. The standard InChI is InChI=1S/C14H28N2/c1-5-9-15-10-13-7-8-14(13)16(6-2)11-12(3)4/h13-15H,3,5-11H2,1-2,4H3. The zero-order chi connectivity index (χ0) is 12.0. The summed E-state index contributed by atoms with van der Waals surface area (Å²) in [6, 6.07) is 0.797. The van der Waals surface area contributed by atoms with Crippen LogP contribution < -0.4 is 5.32 Å². The van der Waals surface area contributed by atoms with Gasteiger partial charge in [-0.15, -0.1) is 0 Å². The van der Waals surface area contributed by atoms with Crippen LogP contribution in [0.1, 0.15) is 40.0 Å². The predicted octanol–water partition coefficient (Wildman–Crippen LogP) is 2.66. The predicted molar refractivity (Wildman–Crippen MR) is 71.7 cm³/mol. The van der Waals surface area contributed by atoms with Crippen LogP contribution in [0.2, 0.25) is 0 Å². The van der Waals surface area contributed by atoms with Crippen LogP contribution >= 0.6 is 0 Å². The molecule has 2 heteroatoms. The number of nitrogens with one attached hydrogen (secondary N) is 1. The van der Waals surface area contributed by atoms with Crippen LogP contribution in [0.3, 0.4) is 0 Å². The number of likely N-dealkylation sites (N-methyl/N-ethyl adjacent to an activating group) is 1. The van der Waals surface area contributed by atoms with Crippen molar-refractivity contribution < 1.29 is 0 Å². The first kappa shape index (κ1) is 13.7. The summed E-state index contributed by atoms with van der Waals surface area (Å²) in [5, 5.41) is 3.55. The first-order valence-corrected chi connectivity index (χ1v) is 6.78. The van der Waals surface area contributed by atoms with E-state index in [1.165, 1.54) is 31.4 Å². The molecule has 16 heavy (non-hydrogen) atoms. The van der Waals surface area contributed by atoms with Crippen molar-refractivity contribution in [2.24, 2.45) is 5.92 Å². The quantitative estimate of drug-likeness (QED) is 0.504. The van der Waals surface area contributed by atoms with Crippen LogP contribution in [0, 0.1) is 5.92 Å². The van der Waals surface area contributed by atoms with E-state index in [1.807, 2.05) is 0 Å². The van der Waals surface area contributed by atoms with E-state index in [0.29, 0.717) is 0 Å². The lowest BCUT2D eigenvalue weighted by Gasteiger charge is -2.44. The van der Waals surface area contributed by atoms with Crippen molar-refractivity contribution in [3.05, 3.63) is 12.2 Å². The molecule has 2 unspecified atom stereocenters. The Bertz CT molecular complexity index is 213. The SMILES string of the molecule is C=C(C)CN(CC)C1CCC1CNCCC. The highest BCUT2D eigenvalue weighted by molar-refractivity contribution is 4.97. The van der Waals surface area contributed by atoms with Crippen LogP contribution in [0.25, 0.3) is 0 Å². The van der Waals surface area contributed by atoms with E-state index in [-0.39, 0.29) is 0 Å². The lowest BCUT2D eigenvalue weighted by atomic mass is 9.78. The Labute approximate surface area is 101 Å².